The highest BCUT2D eigenvalue weighted by Gasteiger charge is 2.41. The SMILES string of the molecule is O=C([C@H](O)c1ccccc1)N1C[C@@H](O)C[C@H]1c1ncc(-c2ccc(-c3ccc(-c4cnc([C@@H]5C[C@H](O)CN5C(=O)[C@H](O)c5ccccc5)[nH]4)cc3)cc2)[nH]1. The molecule has 4 heterocycles. The number of rotatable bonds is 9. The largest absolute Gasteiger partial charge is 0.391 e. The van der Waals surface area contributed by atoms with Gasteiger partial charge in [0.05, 0.1) is 48.1 Å². The smallest absolute Gasteiger partial charge is 0.256 e. The molecule has 2 aliphatic rings. The molecule has 6 aromatic rings. The number of aromatic amines is 2. The van der Waals surface area contributed by atoms with Gasteiger partial charge in [0.25, 0.3) is 11.8 Å². The van der Waals surface area contributed by atoms with Gasteiger partial charge in [-0.15, -0.1) is 0 Å². The molecule has 2 saturated heterocycles. The minimum atomic E-state index is -1.33. The lowest BCUT2D eigenvalue weighted by Crippen LogP contribution is -2.36. The average molecular weight is 725 g/mol. The number of aliphatic hydroxyl groups is 4. The number of hydrogen-bond acceptors (Lipinski definition) is 8. The number of H-pyrrole nitrogens is 2. The first-order chi connectivity index (χ1) is 26.2. The van der Waals surface area contributed by atoms with Crippen LogP contribution in [0.5, 0.6) is 0 Å². The molecule has 0 unspecified atom stereocenters. The molecular formula is C42H40N6O6. The van der Waals surface area contributed by atoms with Crippen LogP contribution in [0.15, 0.2) is 122 Å². The molecule has 274 valence electrons. The van der Waals surface area contributed by atoms with Crippen molar-refractivity contribution in [2.24, 2.45) is 0 Å². The van der Waals surface area contributed by atoms with Gasteiger partial charge in [0, 0.05) is 25.9 Å². The summed E-state index contributed by atoms with van der Waals surface area (Å²) in [6.07, 6.45) is -0.0492. The maximum absolute atomic E-state index is 13.3. The van der Waals surface area contributed by atoms with Crippen LogP contribution in [0.3, 0.4) is 0 Å². The molecule has 6 N–H and O–H groups in total. The van der Waals surface area contributed by atoms with E-state index < -0.39 is 48.3 Å². The monoisotopic (exact) mass is 724 g/mol. The molecular weight excluding hydrogens is 684 g/mol. The number of nitrogens with zero attached hydrogens (tertiary/aromatic N) is 4. The summed E-state index contributed by atoms with van der Waals surface area (Å²) in [6, 6.07) is 32.6. The Morgan fingerprint density at radius 2 is 0.907 bits per heavy atom. The zero-order valence-corrected chi connectivity index (χ0v) is 29.2. The first-order valence-corrected chi connectivity index (χ1v) is 18.0. The number of β-amino-alcohol motifs (C(OH)–C–C–N with tert-alkyl or cyclic N) is 2. The van der Waals surface area contributed by atoms with Gasteiger partial charge in [0.1, 0.15) is 11.6 Å². The van der Waals surface area contributed by atoms with Crippen LogP contribution in [0.2, 0.25) is 0 Å². The van der Waals surface area contributed by atoms with Crippen LogP contribution in [0.1, 0.15) is 59.9 Å². The zero-order chi connectivity index (χ0) is 37.3. The molecule has 6 atom stereocenters. The Labute approximate surface area is 311 Å². The van der Waals surface area contributed by atoms with E-state index in [0.717, 1.165) is 33.6 Å². The lowest BCUT2D eigenvalue weighted by Gasteiger charge is -2.25. The van der Waals surface area contributed by atoms with E-state index in [0.29, 0.717) is 35.6 Å². The molecule has 12 heteroatoms. The minimum absolute atomic E-state index is 0.114. The number of benzene rings is 4. The number of likely N-dealkylation sites (tertiary alicyclic amines) is 2. The van der Waals surface area contributed by atoms with Crippen LogP contribution < -0.4 is 0 Å². The van der Waals surface area contributed by atoms with Gasteiger partial charge < -0.3 is 40.2 Å². The molecule has 54 heavy (non-hydrogen) atoms. The standard InChI is InChI=1S/C42H40N6O6/c49-31-19-35(47(23-31)41(53)37(51)29-7-3-1-4-8-29)39-43-21-33(45-39)27-15-11-25(12-16-27)26-13-17-28(18-14-26)34-22-44-40(46-34)36-20-32(50)24-48(36)42(54)38(52)30-9-5-2-6-10-30/h1-18,21-22,31-32,35-38,49-52H,19-20,23-24H2,(H,43,45)(H,44,46)/t31-,32-,35-,36-,37+,38+/m0/s1. The summed E-state index contributed by atoms with van der Waals surface area (Å²) in [5.41, 5.74) is 6.35. The summed E-state index contributed by atoms with van der Waals surface area (Å²) >= 11 is 0. The summed E-state index contributed by atoms with van der Waals surface area (Å²) in [5.74, 6) is 0.141. The van der Waals surface area contributed by atoms with Crippen molar-refractivity contribution in [2.75, 3.05) is 13.1 Å². The highest BCUT2D eigenvalue weighted by Crippen LogP contribution is 2.36. The zero-order valence-electron chi connectivity index (χ0n) is 29.2. The van der Waals surface area contributed by atoms with E-state index in [1.54, 1.807) is 60.9 Å². The van der Waals surface area contributed by atoms with Gasteiger partial charge in [-0.05, 0) is 33.4 Å². The highest BCUT2D eigenvalue weighted by molar-refractivity contribution is 5.83. The molecule has 0 saturated carbocycles. The van der Waals surface area contributed by atoms with Gasteiger partial charge in [0.2, 0.25) is 0 Å². The second kappa shape index (κ2) is 14.8. The van der Waals surface area contributed by atoms with Crippen molar-refractivity contribution in [3.05, 3.63) is 144 Å². The van der Waals surface area contributed by atoms with Gasteiger partial charge >= 0.3 is 0 Å². The van der Waals surface area contributed by atoms with E-state index in [9.17, 15) is 30.0 Å². The van der Waals surface area contributed by atoms with E-state index in [-0.39, 0.29) is 13.1 Å². The van der Waals surface area contributed by atoms with Crippen molar-refractivity contribution in [1.29, 1.82) is 0 Å². The van der Waals surface area contributed by atoms with Crippen molar-refractivity contribution in [3.63, 3.8) is 0 Å². The van der Waals surface area contributed by atoms with Gasteiger partial charge in [0.15, 0.2) is 12.2 Å². The lowest BCUT2D eigenvalue weighted by atomic mass is 10.0. The Bertz CT molecular complexity index is 2060. The molecule has 2 amide bonds. The average Bonchev–Trinajstić information content (AvgIpc) is 4.04. The maximum atomic E-state index is 13.3. The second-order valence-electron chi connectivity index (χ2n) is 13.9. The summed E-state index contributed by atoms with van der Waals surface area (Å²) < 4.78 is 0. The van der Waals surface area contributed by atoms with Crippen LogP contribution in [0, 0.1) is 0 Å². The fourth-order valence-corrected chi connectivity index (χ4v) is 7.49. The topological polar surface area (TPSA) is 179 Å². The van der Waals surface area contributed by atoms with Crippen molar-refractivity contribution in [2.45, 2.75) is 49.3 Å². The Balaban J connectivity index is 0.934. The molecule has 2 aromatic heterocycles. The third-order valence-corrected chi connectivity index (χ3v) is 10.4. The summed E-state index contributed by atoms with van der Waals surface area (Å²) in [7, 11) is 0. The van der Waals surface area contributed by atoms with Gasteiger partial charge in [-0.25, -0.2) is 9.97 Å². The Hall–Kier alpha value is -5.92. The summed E-state index contributed by atoms with van der Waals surface area (Å²) in [6.45, 7) is 0.228. The van der Waals surface area contributed by atoms with Crippen LogP contribution >= 0.6 is 0 Å². The summed E-state index contributed by atoms with van der Waals surface area (Å²) in [5, 5.41) is 42.4. The molecule has 0 radical (unpaired) electrons. The number of carbonyl (C=O) groups excluding carboxylic acids is 2. The predicted octanol–water partition coefficient (Wildman–Crippen LogP) is 4.87. The highest BCUT2D eigenvalue weighted by atomic mass is 16.3. The maximum Gasteiger partial charge on any atom is 0.256 e. The number of aliphatic hydroxyl groups excluding tert-OH is 4. The van der Waals surface area contributed by atoms with Gasteiger partial charge in [-0.1, -0.05) is 109 Å². The molecule has 2 fully saturated rings. The number of hydrogen-bond donors (Lipinski definition) is 6. The van der Waals surface area contributed by atoms with E-state index in [1.165, 1.54) is 9.80 Å². The fourth-order valence-electron chi connectivity index (χ4n) is 7.49. The van der Waals surface area contributed by atoms with E-state index in [4.69, 9.17) is 0 Å². The number of imidazole rings is 2. The normalized spacial score (nSPS) is 21.0. The van der Waals surface area contributed by atoms with E-state index in [2.05, 4.69) is 19.9 Å². The molecule has 0 bridgehead atoms. The van der Waals surface area contributed by atoms with Crippen molar-refractivity contribution in [3.8, 4) is 33.6 Å². The van der Waals surface area contributed by atoms with Crippen molar-refractivity contribution >= 4 is 11.8 Å². The number of carbonyl (C=O) groups is 2. The first-order valence-electron chi connectivity index (χ1n) is 18.0. The Morgan fingerprint density at radius 1 is 0.556 bits per heavy atom. The van der Waals surface area contributed by atoms with E-state index in [1.807, 2.05) is 60.7 Å². The Kier molecular flexibility index (Phi) is 9.65. The molecule has 4 aromatic carbocycles. The van der Waals surface area contributed by atoms with Crippen LogP contribution in [-0.4, -0.2) is 87.3 Å². The van der Waals surface area contributed by atoms with Crippen molar-refractivity contribution in [1.82, 2.24) is 29.7 Å². The molecule has 8 rings (SSSR count). The molecule has 12 nitrogen and oxygen atoms in total. The molecule has 2 aliphatic heterocycles. The number of aromatic nitrogens is 4. The number of amides is 2. The quantitative estimate of drug-likeness (QED) is 0.122. The summed E-state index contributed by atoms with van der Waals surface area (Å²) in [4.78, 5) is 45.3. The number of nitrogens with one attached hydrogen (secondary N) is 2. The minimum Gasteiger partial charge on any atom is -0.391 e. The third kappa shape index (κ3) is 6.95. The van der Waals surface area contributed by atoms with Crippen LogP contribution in [-0.2, 0) is 9.59 Å². The van der Waals surface area contributed by atoms with Gasteiger partial charge in [-0.2, -0.15) is 0 Å². The van der Waals surface area contributed by atoms with Gasteiger partial charge in [-0.3, -0.25) is 9.59 Å². The van der Waals surface area contributed by atoms with Crippen molar-refractivity contribution < 1.29 is 30.0 Å². The second-order valence-corrected chi connectivity index (χ2v) is 13.9. The predicted molar refractivity (Wildman–Crippen MR) is 200 cm³/mol. The lowest BCUT2D eigenvalue weighted by molar-refractivity contribution is -0.142. The van der Waals surface area contributed by atoms with Crippen LogP contribution in [0.25, 0.3) is 33.6 Å². The first kappa shape index (κ1) is 35.1. The van der Waals surface area contributed by atoms with E-state index >= 15 is 0 Å². The fraction of sp³-hybridized carbons (Fsp3) is 0.238. The third-order valence-electron chi connectivity index (χ3n) is 10.4. The molecule has 0 spiro atoms. The molecule has 0 aliphatic carbocycles. The Morgan fingerprint density at radius 3 is 1.28 bits per heavy atom. The van der Waals surface area contributed by atoms with Crippen LogP contribution in [0.4, 0.5) is 0 Å².